The lowest BCUT2D eigenvalue weighted by atomic mass is 10.1. The van der Waals surface area contributed by atoms with Crippen LogP contribution in [0.5, 0.6) is 0 Å². The summed E-state index contributed by atoms with van der Waals surface area (Å²) in [4.78, 5) is 5.22. The number of halogens is 1. The van der Waals surface area contributed by atoms with Gasteiger partial charge in [-0.3, -0.25) is 0 Å². The van der Waals surface area contributed by atoms with Gasteiger partial charge in [0.25, 0.3) is 0 Å². The van der Waals surface area contributed by atoms with Crippen molar-refractivity contribution in [1.29, 1.82) is 0 Å². The van der Waals surface area contributed by atoms with Crippen LogP contribution in [0.2, 0.25) is 0 Å². The fourth-order valence-corrected chi connectivity index (χ4v) is 3.21. The molecule has 0 saturated carbocycles. The summed E-state index contributed by atoms with van der Waals surface area (Å²) in [6, 6.07) is 10.2. The maximum atomic E-state index is 5.30. The van der Waals surface area contributed by atoms with E-state index in [0.717, 1.165) is 28.0 Å². The molecule has 0 aliphatic rings. The predicted octanol–water partition coefficient (Wildman–Crippen LogP) is 4.78. The smallest absolute Gasteiger partial charge is 0.181 e. The van der Waals surface area contributed by atoms with Crippen LogP contribution in [0.15, 0.2) is 57.2 Å². The summed E-state index contributed by atoms with van der Waals surface area (Å²) in [5.41, 5.74) is 2.09. The Morgan fingerprint density at radius 2 is 2.26 bits per heavy atom. The first-order valence-electron chi connectivity index (χ1n) is 5.77. The summed E-state index contributed by atoms with van der Waals surface area (Å²) < 4.78 is 6.45. The number of anilines is 1. The van der Waals surface area contributed by atoms with Crippen LogP contribution in [0, 0.1) is 0 Å². The zero-order chi connectivity index (χ0) is 13.1. The molecule has 3 rings (SSSR count). The average molecular weight is 335 g/mol. The Bertz CT molecular complexity index is 664. The standard InChI is InChI=1S/C14H11BrN2OS/c15-12-4-5-19-14(12)8-17-11-3-1-2-10(6-11)13-7-16-9-18-13/h1-7,9,17H,8H2. The lowest BCUT2D eigenvalue weighted by Crippen LogP contribution is -1.97. The van der Waals surface area contributed by atoms with Gasteiger partial charge in [-0.2, -0.15) is 0 Å². The van der Waals surface area contributed by atoms with Crippen LogP contribution >= 0.6 is 27.3 Å². The fraction of sp³-hybridized carbons (Fsp3) is 0.0714. The highest BCUT2D eigenvalue weighted by atomic mass is 79.9. The van der Waals surface area contributed by atoms with Crippen molar-refractivity contribution >= 4 is 33.0 Å². The van der Waals surface area contributed by atoms with Gasteiger partial charge in [-0.1, -0.05) is 12.1 Å². The number of aromatic nitrogens is 1. The first-order valence-corrected chi connectivity index (χ1v) is 7.45. The maximum absolute atomic E-state index is 5.30. The van der Waals surface area contributed by atoms with Gasteiger partial charge in [0.2, 0.25) is 0 Å². The molecule has 0 bridgehead atoms. The molecule has 0 amide bonds. The maximum Gasteiger partial charge on any atom is 0.181 e. The summed E-state index contributed by atoms with van der Waals surface area (Å²) in [5.74, 6) is 0.779. The van der Waals surface area contributed by atoms with Crippen molar-refractivity contribution in [2.75, 3.05) is 5.32 Å². The lowest BCUT2D eigenvalue weighted by Gasteiger charge is -2.06. The van der Waals surface area contributed by atoms with E-state index in [-0.39, 0.29) is 0 Å². The normalized spacial score (nSPS) is 10.6. The van der Waals surface area contributed by atoms with Crippen LogP contribution in [0.3, 0.4) is 0 Å². The Morgan fingerprint density at radius 1 is 1.32 bits per heavy atom. The van der Waals surface area contributed by atoms with E-state index >= 15 is 0 Å². The molecule has 3 nitrogen and oxygen atoms in total. The third kappa shape index (κ3) is 2.88. The molecule has 0 saturated heterocycles. The van der Waals surface area contributed by atoms with Crippen LogP contribution in [-0.4, -0.2) is 4.98 Å². The van der Waals surface area contributed by atoms with E-state index in [2.05, 4.69) is 43.7 Å². The Kier molecular flexibility index (Phi) is 3.66. The van der Waals surface area contributed by atoms with E-state index in [4.69, 9.17) is 4.42 Å². The molecular formula is C14H11BrN2OS. The molecule has 2 heterocycles. The van der Waals surface area contributed by atoms with Crippen molar-refractivity contribution in [1.82, 2.24) is 4.98 Å². The lowest BCUT2D eigenvalue weighted by molar-refractivity contribution is 0.572. The van der Waals surface area contributed by atoms with Gasteiger partial charge >= 0.3 is 0 Å². The second kappa shape index (κ2) is 5.59. The van der Waals surface area contributed by atoms with Gasteiger partial charge in [-0.25, -0.2) is 4.98 Å². The van der Waals surface area contributed by atoms with E-state index in [0.29, 0.717) is 0 Å². The van der Waals surface area contributed by atoms with E-state index < -0.39 is 0 Å². The van der Waals surface area contributed by atoms with Gasteiger partial charge in [0.05, 0.1) is 12.7 Å². The number of oxazole rings is 1. The molecule has 2 aromatic heterocycles. The first kappa shape index (κ1) is 12.4. The molecule has 96 valence electrons. The number of hydrogen-bond acceptors (Lipinski definition) is 4. The van der Waals surface area contributed by atoms with Crippen molar-refractivity contribution in [3.63, 3.8) is 0 Å². The highest BCUT2D eigenvalue weighted by molar-refractivity contribution is 9.10. The highest BCUT2D eigenvalue weighted by Crippen LogP contribution is 2.25. The number of nitrogens with one attached hydrogen (secondary N) is 1. The molecule has 0 radical (unpaired) electrons. The molecule has 5 heteroatoms. The summed E-state index contributed by atoms with van der Waals surface area (Å²) in [5, 5.41) is 5.48. The molecular weight excluding hydrogens is 324 g/mol. The van der Waals surface area contributed by atoms with E-state index in [1.165, 1.54) is 11.3 Å². The zero-order valence-corrected chi connectivity index (χ0v) is 12.4. The van der Waals surface area contributed by atoms with Crippen molar-refractivity contribution in [3.8, 4) is 11.3 Å². The average Bonchev–Trinajstić information content (AvgIpc) is 3.08. The van der Waals surface area contributed by atoms with Crippen LogP contribution in [-0.2, 0) is 6.54 Å². The summed E-state index contributed by atoms with van der Waals surface area (Å²) in [7, 11) is 0. The first-order chi connectivity index (χ1) is 9.33. The number of rotatable bonds is 4. The van der Waals surface area contributed by atoms with Crippen molar-refractivity contribution in [2.24, 2.45) is 0 Å². The number of hydrogen-bond donors (Lipinski definition) is 1. The van der Waals surface area contributed by atoms with Crippen molar-refractivity contribution < 1.29 is 4.42 Å². The SMILES string of the molecule is Brc1ccsc1CNc1cccc(-c2cnco2)c1. The highest BCUT2D eigenvalue weighted by Gasteiger charge is 2.04. The van der Waals surface area contributed by atoms with Crippen LogP contribution in [0.25, 0.3) is 11.3 Å². The molecule has 1 N–H and O–H groups in total. The third-order valence-corrected chi connectivity index (χ3v) is 4.65. The Hall–Kier alpha value is -1.59. The van der Waals surface area contributed by atoms with Crippen LogP contribution in [0.1, 0.15) is 4.88 Å². The summed E-state index contributed by atoms with van der Waals surface area (Å²) >= 11 is 5.27. The van der Waals surface area contributed by atoms with E-state index in [9.17, 15) is 0 Å². The summed E-state index contributed by atoms with van der Waals surface area (Å²) in [6.45, 7) is 0.804. The molecule has 0 aliphatic carbocycles. The quantitative estimate of drug-likeness (QED) is 0.746. The summed E-state index contributed by atoms with van der Waals surface area (Å²) in [6.07, 6.45) is 3.16. The van der Waals surface area contributed by atoms with Gasteiger partial charge in [-0.15, -0.1) is 11.3 Å². The second-order valence-corrected chi connectivity index (χ2v) is 5.85. The molecule has 0 atom stereocenters. The molecule has 19 heavy (non-hydrogen) atoms. The Morgan fingerprint density at radius 3 is 3.00 bits per heavy atom. The topological polar surface area (TPSA) is 38.1 Å². The molecule has 3 aromatic rings. The fourth-order valence-electron chi connectivity index (χ4n) is 1.77. The Labute approximate surface area is 123 Å². The van der Waals surface area contributed by atoms with Gasteiger partial charge in [0.1, 0.15) is 0 Å². The van der Waals surface area contributed by atoms with E-state index in [1.54, 1.807) is 17.5 Å². The number of nitrogens with zero attached hydrogens (tertiary/aromatic N) is 1. The number of thiophene rings is 1. The van der Waals surface area contributed by atoms with Crippen molar-refractivity contribution in [2.45, 2.75) is 6.54 Å². The van der Waals surface area contributed by atoms with Gasteiger partial charge in [0.15, 0.2) is 12.2 Å². The minimum atomic E-state index is 0.779. The molecule has 0 spiro atoms. The van der Waals surface area contributed by atoms with Gasteiger partial charge in [0, 0.05) is 20.6 Å². The molecule has 0 unspecified atom stereocenters. The molecule has 1 aromatic carbocycles. The van der Waals surface area contributed by atoms with E-state index in [1.807, 2.05) is 18.2 Å². The zero-order valence-electron chi connectivity index (χ0n) is 9.97. The van der Waals surface area contributed by atoms with Gasteiger partial charge < -0.3 is 9.73 Å². The molecule has 0 fully saturated rings. The molecule has 0 aliphatic heterocycles. The van der Waals surface area contributed by atoms with Crippen LogP contribution < -0.4 is 5.32 Å². The Balaban J connectivity index is 1.75. The monoisotopic (exact) mass is 334 g/mol. The second-order valence-electron chi connectivity index (χ2n) is 3.99. The predicted molar refractivity (Wildman–Crippen MR) is 81.3 cm³/mol. The third-order valence-electron chi connectivity index (χ3n) is 2.72. The minimum absolute atomic E-state index is 0.779. The van der Waals surface area contributed by atoms with Crippen LogP contribution in [0.4, 0.5) is 5.69 Å². The van der Waals surface area contributed by atoms with Crippen molar-refractivity contribution in [3.05, 3.63) is 57.7 Å². The largest absolute Gasteiger partial charge is 0.444 e. The van der Waals surface area contributed by atoms with Gasteiger partial charge in [-0.05, 0) is 39.5 Å². The minimum Gasteiger partial charge on any atom is -0.444 e. The number of benzene rings is 1.